The molecule has 0 spiro atoms. The minimum atomic E-state index is 1.05. The van der Waals surface area contributed by atoms with Gasteiger partial charge in [0.2, 0.25) is 0 Å². The van der Waals surface area contributed by atoms with Gasteiger partial charge in [0.15, 0.2) is 0 Å². The Morgan fingerprint density at radius 1 is 0.778 bits per heavy atom. The number of benzene rings is 1. The summed E-state index contributed by atoms with van der Waals surface area (Å²) in [7, 11) is 2.03. The molecule has 0 amide bonds. The second-order valence-electron chi connectivity index (χ2n) is 4.55. The van der Waals surface area contributed by atoms with Crippen molar-refractivity contribution in [2.24, 2.45) is 7.05 Å². The van der Waals surface area contributed by atoms with Crippen molar-refractivity contribution in [3.63, 3.8) is 0 Å². The predicted octanol–water partition coefficient (Wildman–Crippen LogP) is 3.27. The van der Waals surface area contributed by atoms with Crippen LogP contribution in [0.4, 0.5) is 0 Å². The highest BCUT2D eigenvalue weighted by molar-refractivity contribution is 6.22. The van der Waals surface area contributed by atoms with Crippen molar-refractivity contribution in [3.8, 4) is 0 Å². The van der Waals surface area contributed by atoms with Crippen LogP contribution in [-0.2, 0) is 7.05 Å². The van der Waals surface area contributed by atoms with E-state index in [1.807, 2.05) is 31.6 Å². The Hall–Kier alpha value is -2.42. The monoisotopic (exact) mass is 233 g/mol. The smallest absolute Gasteiger partial charge is 0.0803 e. The Balaban J connectivity index is 2.45. The molecule has 3 aromatic heterocycles. The molecule has 0 fully saturated rings. The van der Waals surface area contributed by atoms with Crippen LogP contribution >= 0.6 is 0 Å². The van der Waals surface area contributed by atoms with E-state index in [9.17, 15) is 0 Å². The van der Waals surface area contributed by atoms with Gasteiger partial charge in [-0.1, -0.05) is 12.1 Å². The van der Waals surface area contributed by atoms with Gasteiger partial charge in [0, 0.05) is 53.4 Å². The number of hydrogen-bond acceptors (Lipinski definition) is 2. The number of nitrogens with zero attached hydrogens (tertiary/aromatic N) is 3. The lowest BCUT2D eigenvalue weighted by atomic mass is 10.0. The van der Waals surface area contributed by atoms with Crippen molar-refractivity contribution in [1.29, 1.82) is 0 Å². The van der Waals surface area contributed by atoms with Crippen molar-refractivity contribution >= 4 is 32.6 Å². The fourth-order valence-electron chi connectivity index (χ4n) is 2.64. The van der Waals surface area contributed by atoms with E-state index in [0.717, 1.165) is 11.0 Å². The maximum atomic E-state index is 4.53. The molecule has 0 atom stereocenters. The summed E-state index contributed by atoms with van der Waals surface area (Å²) in [5.41, 5.74) is 2.10. The van der Waals surface area contributed by atoms with Crippen LogP contribution in [0.2, 0.25) is 0 Å². The van der Waals surface area contributed by atoms with Gasteiger partial charge < -0.3 is 4.57 Å². The zero-order chi connectivity index (χ0) is 12.1. The first kappa shape index (κ1) is 9.59. The van der Waals surface area contributed by atoms with Crippen LogP contribution in [0.3, 0.4) is 0 Å². The lowest BCUT2D eigenvalue weighted by Gasteiger charge is -2.04. The Labute approximate surface area is 104 Å². The van der Waals surface area contributed by atoms with Crippen LogP contribution < -0.4 is 0 Å². The molecule has 0 unspecified atom stereocenters. The summed E-state index contributed by atoms with van der Waals surface area (Å²) in [5.74, 6) is 0. The molecule has 4 rings (SSSR count). The van der Waals surface area contributed by atoms with Crippen LogP contribution in [0.25, 0.3) is 32.6 Å². The molecule has 3 heterocycles. The molecule has 18 heavy (non-hydrogen) atoms. The number of aryl methyl sites for hydroxylation is 1. The summed E-state index contributed by atoms with van der Waals surface area (Å²) in [4.78, 5) is 9.06. The molecule has 0 N–H and O–H groups in total. The molecule has 0 saturated heterocycles. The number of aromatic nitrogens is 3. The van der Waals surface area contributed by atoms with E-state index in [0.29, 0.717) is 0 Å². The van der Waals surface area contributed by atoms with Gasteiger partial charge in [0.05, 0.1) is 11.0 Å². The second kappa shape index (κ2) is 3.29. The van der Waals surface area contributed by atoms with Crippen molar-refractivity contribution in [2.75, 3.05) is 0 Å². The molecule has 3 nitrogen and oxygen atoms in total. The van der Waals surface area contributed by atoms with E-state index in [-0.39, 0.29) is 0 Å². The zero-order valence-corrected chi connectivity index (χ0v) is 9.96. The third-order valence-corrected chi connectivity index (χ3v) is 3.37. The summed E-state index contributed by atoms with van der Waals surface area (Å²) in [6.07, 6.45) is 7.91. The first-order chi connectivity index (χ1) is 8.84. The summed E-state index contributed by atoms with van der Waals surface area (Å²) in [5, 5.41) is 4.66. The van der Waals surface area contributed by atoms with Crippen molar-refractivity contribution in [2.45, 2.75) is 0 Å². The summed E-state index contributed by atoms with van der Waals surface area (Å²) in [6.45, 7) is 0. The second-order valence-corrected chi connectivity index (χ2v) is 4.55. The van der Waals surface area contributed by atoms with Crippen LogP contribution in [0.15, 0.2) is 49.1 Å². The van der Waals surface area contributed by atoms with Crippen LogP contribution in [-0.4, -0.2) is 14.5 Å². The molecule has 0 aliphatic carbocycles. The van der Waals surface area contributed by atoms with E-state index in [4.69, 9.17) is 0 Å². The van der Waals surface area contributed by atoms with Crippen LogP contribution in [0, 0.1) is 0 Å². The average molecular weight is 233 g/mol. The fraction of sp³-hybridized carbons (Fsp3) is 0.0667. The highest BCUT2D eigenvalue weighted by Gasteiger charge is 2.10. The Bertz CT molecular complexity index is 817. The zero-order valence-electron chi connectivity index (χ0n) is 9.96. The lowest BCUT2D eigenvalue weighted by molar-refractivity contribution is 0.934. The van der Waals surface area contributed by atoms with Crippen molar-refractivity contribution < 1.29 is 0 Å². The standard InChI is InChI=1S/C15H11N3/c1-18-8-12-13(9-18)15-11(5-3-7-17-15)10-4-2-6-16-14(10)12/h2-9H,1H3. The molecule has 1 aromatic carbocycles. The number of hydrogen-bond donors (Lipinski definition) is 0. The maximum absolute atomic E-state index is 4.53. The third-order valence-electron chi connectivity index (χ3n) is 3.37. The fourth-order valence-corrected chi connectivity index (χ4v) is 2.64. The average Bonchev–Trinajstić information content (AvgIpc) is 2.81. The largest absolute Gasteiger partial charge is 0.356 e. The van der Waals surface area contributed by atoms with Gasteiger partial charge in [-0.05, 0) is 12.1 Å². The highest BCUT2D eigenvalue weighted by Crippen LogP contribution is 2.32. The van der Waals surface area contributed by atoms with Crippen molar-refractivity contribution in [1.82, 2.24) is 14.5 Å². The van der Waals surface area contributed by atoms with Gasteiger partial charge >= 0.3 is 0 Å². The van der Waals surface area contributed by atoms with E-state index in [1.165, 1.54) is 21.5 Å². The SMILES string of the molecule is Cn1cc2c(c1)c1ncccc1c1cccnc12. The predicted molar refractivity (Wildman–Crippen MR) is 73.5 cm³/mol. The van der Waals surface area contributed by atoms with Gasteiger partial charge in [0.25, 0.3) is 0 Å². The Kier molecular flexibility index (Phi) is 1.75. The first-order valence-corrected chi connectivity index (χ1v) is 5.92. The molecular weight excluding hydrogens is 222 g/mol. The lowest BCUT2D eigenvalue weighted by Crippen LogP contribution is -1.84. The maximum Gasteiger partial charge on any atom is 0.0803 e. The van der Waals surface area contributed by atoms with E-state index < -0.39 is 0 Å². The van der Waals surface area contributed by atoms with Crippen molar-refractivity contribution in [3.05, 3.63) is 49.1 Å². The molecule has 0 bridgehead atoms. The van der Waals surface area contributed by atoms with E-state index >= 15 is 0 Å². The molecule has 0 aliphatic heterocycles. The van der Waals surface area contributed by atoms with Gasteiger partial charge in [-0.15, -0.1) is 0 Å². The molecule has 0 radical (unpaired) electrons. The topological polar surface area (TPSA) is 30.7 Å². The van der Waals surface area contributed by atoms with Gasteiger partial charge in [-0.3, -0.25) is 9.97 Å². The van der Waals surface area contributed by atoms with E-state index in [2.05, 4.69) is 39.1 Å². The molecule has 0 saturated carbocycles. The minimum Gasteiger partial charge on any atom is -0.356 e. The minimum absolute atomic E-state index is 1.05. The Morgan fingerprint density at radius 2 is 1.28 bits per heavy atom. The molecular formula is C15H11N3. The molecule has 86 valence electrons. The molecule has 4 aromatic rings. The summed E-state index contributed by atoms with van der Waals surface area (Å²) in [6, 6.07) is 8.17. The third kappa shape index (κ3) is 1.13. The van der Waals surface area contributed by atoms with Gasteiger partial charge in [0.1, 0.15) is 0 Å². The number of pyridine rings is 2. The van der Waals surface area contributed by atoms with Crippen LogP contribution in [0.1, 0.15) is 0 Å². The van der Waals surface area contributed by atoms with E-state index in [1.54, 1.807) is 0 Å². The number of fused-ring (bicyclic) bond motifs is 6. The molecule has 0 aliphatic rings. The normalized spacial score (nSPS) is 11.6. The first-order valence-electron chi connectivity index (χ1n) is 5.92. The summed E-state index contributed by atoms with van der Waals surface area (Å²) >= 11 is 0. The summed E-state index contributed by atoms with van der Waals surface area (Å²) < 4.78 is 2.06. The van der Waals surface area contributed by atoms with Gasteiger partial charge in [-0.2, -0.15) is 0 Å². The van der Waals surface area contributed by atoms with Gasteiger partial charge in [-0.25, -0.2) is 0 Å². The quantitative estimate of drug-likeness (QED) is 0.436. The van der Waals surface area contributed by atoms with Crippen LogP contribution in [0.5, 0.6) is 0 Å². The number of rotatable bonds is 0. The molecule has 3 heteroatoms. The highest BCUT2D eigenvalue weighted by atomic mass is 14.9. The Morgan fingerprint density at radius 3 is 1.78 bits per heavy atom.